The third kappa shape index (κ3) is 2.40. The van der Waals surface area contributed by atoms with Crippen LogP contribution < -0.4 is 4.90 Å². The van der Waals surface area contributed by atoms with E-state index in [1.165, 1.54) is 12.8 Å². The van der Waals surface area contributed by atoms with Gasteiger partial charge in [-0.05, 0) is 12.8 Å². The van der Waals surface area contributed by atoms with Gasteiger partial charge in [0.2, 0.25) is 11.8 Å². The minimum Gasteiger partial charge on any atom is -0.340 e. The highest BCUT2D eigenvalue weighted by molar-refractivity contribution is 5.29. The highest BCUT2D eigenvalue weighted by Gasteiger charge is 2.30. The Balaban J connectivity index is 1.32. The van der Waals surface area contributed by atoms with Crippen molar-refractivity contribution in [2.45, 2.75) is 25.3 Å². The van der Waals surface area contributed by atoms with Crippen LogP contribution >= 0.6 is 0 Å². The normalized spacial score (nSPS) is 20.5. The van der Waals surface area contributed by atoms with Crippen LogP contribution in [-0.4, -0.2) is 51.2 Å². The fraction of sp³-hybridized carbons (Fsp3) is 0.615. The summed E-state index contributed by atoms with van der Waals surface area (Å²) >= 11 is 0. The zero-order valence-corrected chi connectivity index (χ0v) is 11.3. The summed E-state index contributed by atoms with van der Waals surface area (Å²) in [6.45, 7) is 4.71. The largest absolute Gasteiger partial charge is 0.340 e. The van der Waals surface area contributed by atoms with Gasteiger partial charge in [-0.25, -0.2) is 4.98 Å². The van der Waals surface area contributed by atoms with Crippen molar-refractivity contribution in [3.05, 3.63) is 24.1 Å². The molecule has 1 N–H and O–H groups in total. The first-order valence-corrected chi connectivity index (χ1v) is 7.17. The zero-order valence-electron chi connectivity index (χ0n) is 11.3. The van der Waals surface area contributed by atoms with Crippen molar-refractivity contribution in [1.29, 1.82) is 0 Å². The molecule has 2 fully saturated rings. The van der Waals surface area contributed by atoms with Gasteiger partial charge < -0.3 is 14.4 Å². The molecular weight excluding hydrogens is 256 g/mol. The molecule has 4 rings (SSSR count). The molecule has 106 valence electrons. The number of anilines is 1. The van der Waals surface area contributed by atoms with Gasteiger partial charge in [-0.1, -0.05) is 5.16 Å². The van der Waals surface area contributed by atoms with E-state index in [0.717, 1.165) is 50.4 Å². The van der Waals surface area contributed by atoms with Crippen molar-refractivity contribution in [1.82, 2.24) is 25.0 Å². The van der Waals surface area contributed by atoms with E-state index in [1.807, 2.05) is 6.20 Å². The molecule has 0 bridgehead atoms. The molecule has 7 nitrogen and oxygen atoms in total. The third-order valence-electron chi connectivity index (χ3n) is 3.93. The lowest BCUT2D eigenvalue weighted by molar-refractivity contribution is 0.239. The quantitative estimate of drug-likeness (QED) is 0.896. The van der Waals surface area contributed by atoms with E-state index < -0.39 is 0 Å². The summed E-state index contributed by atoms with van der Waals surface area (Å²) in [7, 11) is 0. The van der Waals surface area contributed by atoms with Crippen LogP contribution in [0, 0.1) is 0 Å². The van der Waals surface area contributed by atoms with E-state index in [4.69, 9.17) is 4.52 Å². The van der Waals surface area contributed by atoms with Crippen molar-refractivity contribution in [2.24, 2.45) is 0 Å². The highest BCUT2D eigenvalue weighted by atomic mass is 16.5. The molecular formula is C13H18N6O. The summed E-state index contributed by atoms with van der Waals surface area (Å²) in [4.78, 5) is 16.6. The molecule has 2 aliphatic rings. The van der Waals surface area contributed by atoms with Gasteiger partial charge in [0.05, 0.1) is 6.54 Å². The maximum absolute atomic E-state index is 5.30. The molecule has 0 atom stereocenters. The maximum Gasteiger partial charge on any atom is 0.229 e. The zero-order chi connectivity index (χ0) is 13.4. The van der Waals surface area contributed by atoms with Gasteiger partial charge in [0.15, 0.2) is 5.82 Å². The molecule has 0 aromatic carbocycles. The Hall–Kier alpha value is -1.89. The molecule has 2 aromatic heterocycles. The molecule has 0 radical (unpaired) electrons. The van der Waals surface area contributed by atoms with E-state index in [-0.39, 0.29) is 0 Å². The molecule has 20 heavy (non-hydrogen) atoms. The molecule has 0 amide bonds. The highest BCUT2D eigenvalue weighted by Crippen LogP contribution is 2.38. The molecule has 7 heteroatoms. The number of H-pyrrole nitrogens is 1. The van der Waals surface area contributed by atoms with Crippen molar-refractivity contribution in [2.75, 3.05) is 31.1 Å². The Morgan fingerprint density at radius 3 is 2.80 bits per heavy atom. The Morgan fingerprint density at radius 2 is 2.10 bits per heavy atom. The van der Waals surface area contributed by atoms with Crippen molar-refractivity contribution < 1.29 is 4.52 Å². The lowest BCUT2D eigenvalue weighted by Crippen LogP contribution is -2.46. The molecule has 0 spiro atoms. The van der Waals surface area contributed by atoms with Gasteiger partial charge in [-0.2, -0.15) is 4.98 Å². The van der Waals surface area contributed by atoms with Crippen LogP contribution in [-0.2, 0) is 6.54 Å². The first-order chi connectivity index (χ1) is 9.88. The van der Waals surface area contributed by atoms with Crippen molar-refractivity contribution in [3.63, 3.8) is 0 Å². The molecule has 1 saturated heterocycles. The van der Waals surface area contributed by atoms with Crippen LogP contribution in [0.25, 0.3) is 0 Å². The van der Waals surface area contributed by atoms with Gasteiger partial charge in [-0.15, -0.1) is 0 Å². The minimum atomic E-state index is 0.534. The van der Waals surface area contributed by atoms with E-state index in [9.17, 15) is 0 Å². The van der Waals surface area contributed by atoms with E-state index in [0.29, 0.717) is 5.92 Å². The molecule has 1 aliphatic carbocycles. The molecule has 1 saturated carbocycles. The average molecular weight is 274 g/mol. The van der Waals surface area contributed by atoms with Crippen LogP contribution in [0.2, 0.25) is 0 Å². The second-order valence-electron chi connectivity index (χ2n) is 5.50. The Kier molecular flexibility index (Phi) is 2.91. The third-order valence-corrected chi connectivity index (χ3v) is 3.93. The lowest BCUT2D eigenvalue weighted by atomic mass is 10.3. The number of nitrogens with one attached hydrogen (secondary N) is 1. The Labute approximate surface area is 117 Å². The summed E-state index contributed by atoms with van der Waals surface area (Å²) < 4.78 is 5.30. The molecule has 2 aromatic rings. The van der Waals surface area contributed by atoms with Crippen LogP contribution in [0.3, 0.4) is 0 Å². The minimum absolute atomic E-state index is 0.534. The summed E-state index contributed by atoms with van der Waals surface area (Å²) in [5.74, 6) is 3.14. The second kappa shape index (κ2) is 4.90. The van der Waals surface area contributed by atoms with E-state index in [2.05, 4.69) is 29.9 Å². The second-order valence-corrected chi connectivity index (χ2v) is 5.50. The Bertz CT molecular complexity index is 553. The predicted octanol–water partition coefficient (Wildman–Crippen LogP) is 0.992. The summed E-state index contributed by atoms with van der Waals surface area (Å²) in [6, 6.07) is 0. The molecule has 1 aliphatic heterocycles. The monoisotopic (exact) mass is 274 g/mol. The van der Waals surface area contributed by atoms with Gasteiger partial charge in [-0.3, -0.25) is 4.90 Å². The number of nitrogens with zero attached hydrogens (tertiary/aromatic N) is 5. The number of aromatic amines is 1. The average Bonchev–Trinajstić information content (AvgIpc) is 3.00. The van der Waals surface area contributed by atoms with Crippen LogP contribution in [0.5, 0.6) is 0 Å². The van der Waals surface area contributed by atoms with E-state index >= 15 is 0 Å². The van der Waals surface area contributed by atoms with Crippen LogP contribution in [0.15, 0.2) is 16.9 Å². The first kappa shape index (κ1) is 11.9. The number of aromatic nitrogens is 4. The van der Waals surface area contributed by atoms with Gasteiger partial charge in [0, 0.05) is 44.5 Å². The maximum atomic E-state index is 5.30. The first-order valence-electron chi connectivity index (χ1n) is 7.17. The Morgan fingerprint density at radius 1 is 1.25 bits per heavy atom. The van der Waals surface area contributed by atoms with Gasteiger partial charge in [0.25, 0.3) is 0 Å². The summed E-state index contributed by atoms with van der Waals surface area (Å²) in [5.41, 5.74) is 0. The number of hydrogen-bond donors (Lipinski definition) is 1. The standard InChI is InChI=1S/C13H18N6O/c1-2-10(1)12-16-11(17-20-12)9-18-5-7-19(8-6-18)13-14-3-4-15-13/h3-4,10H,1-2,5-9H2,(H,14,15). The van der Waals surface area contributed by atoms with Gasteiger partial charge in [0.1, 0.15) is 0 Å². The number of rotatable bonds is 4. The van der Waals surface area contributed by atoms with Crippen molar-refractivity contribution in [3.8, 4) is 0 Å². The SMILES string of the molecule is c1c[nH]c(N2CCN(Cc3noc(C4CC4)n3)CC2)n1. The number of piperazine rings is 1. The molecule has 0 unspecified atom stereocenters. The van der Waals surface area contributed by atoms with Gasteiger partial charge >= 0.3 is 0 Å². The predicted molar refractivity (Wildman–Crippen MR) is 72.4 cm³/mol. The fourth-order valence-corrected chi connectivity index (χ4v) is 2.58. The van der Waals surface area contributed by atoms with Crippen molar-refractivity contribution >= 4 is 5.95 Å². The van der Waals surface area contributed by atoms with E-state index in [1.54, 1.807) is 6.20 Å². The topological polar surface area (TPSA) is 74.1 Å². The smallest absolute Gasteiger partial charge is 0.229 e. The summed E-state index contributed by atoms with van der Waals surface area (Å²) in [6.07, 6.45) is 6.05. The fourth-order valence-electron chi connectivity index (χ4n) is 2.58. The van der Waals surface area contributed by atoms with Crippen LogP contribution in [0.1, 0.15) is 30.5 Å². The number of hydrogen-bond acceptors (Lipinski definition) is 6. The number of imidazole rings is 1. The molecule has 3 heterocycles. The summed E-state index contributed by atoms with van der Waals surface area (Å²) in [5, 5.41) is 4.08. The lowest BCUT2D eigenvalue weighted by Gasteiger charge is -2.33. The van der Waals surface area contributed by atoms with Crippen LogP contribution in [0.4, 0.5) is 5.95 Å².